The Balaban J connectivity index is 2.38. The smallest absolute Gasteiger partial charge is 0.262 e. The minimum Gasteiger partial charge on any atom is -0.326 e. The van der Waals surface area contributed by atoms with Gasteiger partial charge in [-0.1, -0.05) is 6.07 Å². The Labute approximate surface area is 118 Å². The number of aryl methyl sites for hydroxylation is 3. The lowest BCUT2D eigenvalue weighted by Crippen LogP contribution is -2.14. The molecule has 2 aromatic rings. The van der Waals surface area contributed by atoms with Gasteiger partial charge in [-0.15, -0.1) is 0 Å². The van der Waals surface area contributed by atoms with Gasteiger partial charge in [-0.2, -0.15) is 5.10 Å². The molecule has 20 heavy (non-hydrogen) atoms. The summed E-state index contributed by atoms with van der Waals surface area (Å²) in [7, 11) is -1.89. The highest BCUT2D eigenvalue weighted by atomic mass is 32.2. The Kier molecular flexibility index (Phi) is 3.82. The van der Waals surface area contributed by atoms with Gasteiger partial charge in [-0.3, -0.25) is 9.40 Å². The topological polar surface area (TPSA) is 90.0 Å². The lowest BCUT2D eigenvalue weighted by molar-refractivity contribution is 0.601. The first-order chi connectivity index (χ1) is 9.33. The third kappa shape index (κ3) is 2.83. The highest BCUT2D eigenvalue weighted by Gasteiger charge is 2.17. The second-order valence-corrected chi connectivity index (χ2v) is 6.38. The van der Waals surface area contributed by atoms with Gasteiger partial charge in [0.25, 0.3) is 10.0 Å². The molecule has 0 atom stereocenters. The third-order valence-corrected chi connectivity index (χ3v) is 4.47. The first-order valence-electron chi connectivity index (χ1n) is 6.16. The van der Waals surface area contributed by atoms with Crippen molar-refractivity contribution in [1.82, 2.24) is 9.78 Å². The first-order valence-corrected chi connectivity index (χ1v) is 7.64. The second kappa shape index (κ2) is 5.26. The number of rotatable bonds is 4. The number of benzene rings is 1. The fourth-order valence-electron chi connectivity index (χ4n) is 1.94. The van der Waals surface area contributed by atoms with Crippen molar-refractivity contribution in [2.24, 2.45) is 12.8 Å². The van der Waals surface area contributed by atoms with E-state index in [-0.39, 0.29) is 4.90 Å². The molecular weight excluding hydrogens is 276 g/mol. The molecule has 0 aliphatic heterocycles. The van der Waals surface area contributed by atoms with Gasteiger partial charge in [0.15, 0.2) is 0 Å². The Morgan fingerprint density at radius 3 is 2.60 bits per heavy atom. The summed E-state index contributed by atoms with van der Waals surface area (Å²) in [6.45, 7) is 3.96. The van der Waals surface area contributed by atoms with E-state index in [0.717, 1.165) is 11.1 Å². The number of sulfonamides is 1. The Morgan fingerprint density at radius 2 is 2.05 bits per heavy atom. The predicted molar refractivity (Wildman–Crippen MR) is 77.8 cm³/mol. The summed E-state index contributed by atoms with van der Waals surface area (Å²) < 4.78 is 28.8. The van der Waals surface area contributed by atoms with Gasteiger partial charge in [0.05, 0.1) is 16.3 Å². The van der Waals surface area contributed by atoms with Crippen LogP contribution in [0.15, 0.2) is 29.3 Å². The summed E-state index contributed by atoms with van der Waals surface area (Å²) in [6.07, 6.45) is 1.63. The van der Waals surface area contributed by atoms with Crippen LogP contribution in [0.25, 0.3) is 0 Å². The van der Waals surface area contributed by atoms with Crippen molar-refractivity contribution in [2.45, 2.75) is 25.3 Å². The molecule has 0 radical (unpaired) electrons. The van der Waals surface area contributed by atoms with Crippen LogP contribution in [0.3, 0.4) is 0 Å². The van der Waals surface area contributed by atoms with Gasteiger partial charge < -0.3 is 5.73 Å². The molecule has 0 spiro atoms. The molecule has 1 aromatic heterocycles. The molecule has 3 N–H and O–H groups in total. The van der Waals surface area contributed by atoms with E-state index in [0.29, 0.717) is 17.9 Å². The third-order valence-electron chi connectivity index (χ3n) is 3.11. The molecule has 0 fully saturated rings. The quantitative estimate of drug-likeness (QED) is 0.889. The normalized spacial score (nSPS) is 11.6. The van der Waals surface area contributed by atoms with Crippen molar-refractivity contribution in [3.05, 3.63) is 41.2 Å². The number of hydrogen-bond acceptors (Lipinski definition) is 4. The first kappa shape index (κ1) is 14.5. The molecular formula is C13H18N4O2S. The molecule has 6 nitrogen and oxygen atoms in total. The van der Waals surface area contributed by atoms with Gasteiger partial charge in [-0.05, 0) is 37.1 Å². The molecule has 0 unspecified atom stereocenters. The molecule has 1 aromatic carbocycles. The van der Waals surface area contributed by atoms with Crippen molar-refractivity contribution in [3.63, 3.8) is 0 Å². The SMILES string of the molecule is Cc1ccc(S(=O)(=O)Nc2cn(C)nc2C)cc1CN. The van der Waals surface area contributed by atoms with Gasteiger partial charge in [0.1, 0.15) is 0 Å². The summed E-state index contributed by atoms with van der Waals surface area (Å²) in [5, 5.41) is 4.11. The van der Waals surface area contributed by atoms with Gasteiger partial charge in [0, 0.05) is 19.8 Å². The lowest BCUT2D eigenvalue weighted by atomic mass is 10.1. The number of aromatic nitrogens is 2. The maximum absolute atomic E-state index is 12.4. The molecule has 0 aliphatic rings. The highest BCUT2D eigenvalue weighted by Crippen LogP contribution is 2.20. The standard InChI is InChI=1S/C13H18N4O2S/c1-9-4-5-12(6-11(9)7-14)20(18,19)16-13-8-17(3)15-10(13)2/h4-6,8,16H,7,14H2,1-3H3. The zero-order chi connectivity index (χ0) is 14.9. The van der Waals surface area contributed by atoms with Gasteiger partial charge in [-0.25, -0.2) is 8.42 Å². The van der Waals surface area contributed by atoms with Crippen LogP contribution >= 0.6 is 0 Å². The van der Waals surface area contributed by atoms with Crippen LogP contribution in [0.2, 0.25) is 0 Å². The van der Waals surface area contributed by atoms with E-state index in [1.54, 1.807) is 43.0 Å². The molecule has 0 saturated heterocycles. The van der Waals surface area contributed by atoms with Crippen LogP contribution in [0.5, 0.6) is 0 Å². The van der Waals surface area contributed by atoms with Crippen LogP contribution in [0.4, 0.5) is 5.69 Å². The van der Waals surface area contributed by atoms with E-state index in [2.05, 4.69) is 9.82 Å². The minimum atomic E-state index is -3.63. The average molecular weight is 294 g/mol. The van der Waals surface area contributed by atoms with Crippen LogP contribution in [-0.2, 0) is 23.6 Å². The molecule has 0 bridgehead atoms. The zero-order valence-corrected chi connectivity index (χ0v) is 12.5. The summed E-state index contributed by atoms with van der Waals surface area (Å²) >= 11 is 0. The summed E-state index contributed by atoms with van der Waals surface area (Å²) in [5.74, 6) is 0. The van der Waals surface area contributed by atoms with E-state index >= 15 is 0 Å². The molecule has 0 saturated carbocycles. The van der Waals surface area contributed by atoms with E-state index in [1.165, 1.54) is 0 Å². The summed E-state index contributed by atoms with van der Waals surface area (Å²) in [5.41, 5.74) is 8.51. The summed E-state index contributed by atoms with van der Waals surface area (Å²) in [4.78, 5) is 0.201. The second-order valence-electron chi connectivity index (χ2n) is 4.70. The maximum Gasteiger partial charge on any atom is 0.262 e. The molecule has 2 rings (SSSR count). The molecule has 0 amide bonds. The van der Waals surface area contributed by atoms with Crippen LogP contribution in [-0.4, -0.2) is 18.2 Å². The van der Waals surface area contributed by atoms with Gasteiger partial charge in [0.2, 0.25) is 0 Å². The van der Waals surface area contributed by atoms with E-state index in [1.807, 2.05) is 6.92 Å². The van der Waals surface area contributed by atoms with Crippen molar-refractivity contribution in [1.29, 1.82) is 0 Å². The Hall–Kier alpha value is -1.86. The molecule has 108 valence electrons. The fourth-order valence-corrected chi connectivity index (χ4v) is 3.09. The van der Waals surface area contributed by atoms with E-state index in [4.69, 9.17) is 5.73 Å². The van der Waals surface area contributed by atoms with Crippen molar-refractivity contribution >= 4 is 15.7 Å². The Bertz CT molecular complexity index is 735. The van der Waals surface area contributed by atoms with E-state index < -0.39 is 10.0 Å². The number of nitrogens with zero attached hydrogens (tertiary/aromatic N) is 2. The fraction of sp³-hybridized carbons (Fsp3) is 0.308. The van der Waals surface area contributed by atoms with Crippen molar-refractivity contribution < 1.29 is 8.42 Å². The maximum atomic E-state index is 12.4. The number of anilines is 1. The van der Waals surface area contributed by atoms with Crippen LogP contribution in [0, 0.1) is 13.8 Å². The highest BCUT2D eigenvalue weighted by molar-refractivity contribution is 7.92. The number of nitrogens with one attached hydrogen (secondary N) is 1. The zero-order valence-electron chi connectivity index (χ0n) is 11.7. The van der Waals surface area contributed by atoms with Gasteiger partial charge >= 0.3 is 0 Å². The lowest BCUT2D eigenvalue weighted by Gasteiger charge is -2.09. The van der Waals surface area contributed by atoms with E-state index in [9.17, 15) is 8.42 Å². The Morgan fingerprint density at radius 1 is 1.35 bits per heavy atom. The summed E-state index contributed by atoms with van der Waals surface area (Å²) in [6, 6.07) is 4.93. The largest absolute Gasteiger partial charge is 0.326 e. The van der Waals surface area contributed by atoms with Crippen molar-refractivity contribution in [2.75, 3.05) is 4.72 Å². The van der Waals surface area contributed by atoms with Crippen LogP contribution in [0.1, 0.15) is 16.8 Å². The minimum absolute atomic E-state index is 0.201. The molecule has 1 heterocycles. The number of hydrogen-bond donors (Lipinski definition) is 2. The average Bonchev–Trinajstić information content (AvgIpc) is 2.67. The monoisotopic (exact) mass is 294 g/mol. The predicted octanol–water partition coefficient (Wildman–Crippen LogP) is 1.30. The van der Waals surface area contributed by atoms with Crippen molar-refractivity contribution in [3.8, 4) is 0 Å². The van der Waals surface area contributed by atoms with Crippen LogP contribution < -0.4 is 10.5 Å². The number of nitrogens with two attached hydrogens (primary N) is 1. The molecule has 7 heteroatoms. The molecule has 0 aliphatic carbocycles.